The highest BCUT2D eigenvalue weighted by Crippen LogP contribution is 2.50. The number of nitrogens with zero attached hydrogens (tertiary/aromatic N) is 8. The van der Waals surface area contributed by atoms with E-state index in [2.05, 4.69) is 36.0 Å². The zero-order chi connectivity index (χ0) is 44.2. The predicted molar refractivity (Wildman–Crippen MR) is 205 cm³/mol. The highest BCUT2D eigenvalue weighted by atomic mass is 31.2. The molecule has 10 atom stereocenters. The topological polar surface area (TPSA) is 371 Å². The summed E-state index contributed by atoms with van der Waals surface area (Å²) >= 11 is 0. The second-order valence-corrected chi connectivity index (χ2v) is 16.3. The van der Waals surface area contributed by atoms with Crippen LogP contribution in [0, 0.1) is 0 Å². The molecule has 0 saturated carbocycles. The van der Waals surface area contributed by atoms with Crippen molar-refractivity contribution in [1.29, 1.82) is 0 Å². The predicted octanol–water partition coefficient (Wildman–Crippen LogP) is -1.28. The number of likely N-dealkylation sites (N-methyl/N-ethyl adjacent to an activating group) is 1. The largest absolute Gasteiger partial charge is 0.472 e. The number of ether oxygens (including phenoxy) is 3. The number of carbonyl (C=O) groups excluding carboxylic acids is 2. The summed E-state index contributed by atoms with van der Waals surface area (Å²) in [7, 11) is -9.20. The van der Waals surface area contributed by atoms with Gasteiger partial charge in [0.25, 0.3) is 0 Å². The number of nitrogens with two attached hydrogens (primary N) is 2. The van der Waals surface area contributed by atoms with Crippen molar-refractivity contribution in [2.24, 2.45) is 0 Å². The maximum Gasteiger partial charge on any atom is 0.472 e. The number of fused-ring (bicyclic) bond motifs is 1. The molecular weight excluding hydrogens is 854 g/mol. The molecule has 6 heterocycles. The van der Waals surface area contributed by atoms with Crippen molar-refractivity contribution < 1.29 is 71.4 Å². The van der Waals surface area contributed by atoms with Gasteiger partial charge >= 0.3 is 27.3 Å². The summed E-state index contributed by atoms with van der Waals surface area (Å²) in [5.41, 5.74) is 11.2. The number of pyridine rings is 1. The number of hydrogen-bond donors (Lipinski definition) is 7. The molecule has 0 aliphatic carbocycles. The van der Waals surface area contributed by atoms with E-state index in [1.54, 1.807) is 12.1 Å². The van der Waals surface area contributed by atoms with Gasteiger partial charge in [-0.25, -0.2) is 33.7 Å². The molecule has 0 radical (unpaired) electrons. The van der Waals surface area contributed by atoms with Crippen LogP contribution >= 0.6 is 15.6 Å². The second kappa shape index (κ2) is 18.9. The summed E-state index contributed by atoms with van der Waals surface area (Å²) in [6, 6.07) is 3.20. The maximum atomic E-state index is 14.1. The van der Waals surface area contributed by atoms with Crippen molar-refractivity contribution in [1.82, 2.24) is 39.0 Å². The third-order valence-electron chi connectivity index (χ3n) is 9.57. The number of phosphoric ester groups is 2. The van der Waals surface area contributed by atoms with Gasteiger partial charge in [-0.15, -0.1) is 6.58 Å². The van der Waals surface area contributed by atoms with Gasteiger partial charge in [0.2, 0.25) is 5.91 Å². The van der Waals surface area contributed by atoms with Crippen LogP contribution in [0.4, 0.5) is 11.6 Å². The molecule has 6 rings (SSSR count). The number of rotatable bonds is 18. The Morgan fingerprint density at radius 2 is 1.70 bits per heavy atom. The second-order valence-electron chi connectivity index (χ2n) is 13.7. The molecule has 26 nitrogen and oxygen atoms in total. The molecule has 0 bridgehead atoms. The molecule has 28 heteroatoms. The number of aromatic nitrogens is 7. The van der Waals surface area contributed by atoms with Crippen LogP contribution in [-0.4, -0.2) is 139 Å². The van der Waals surface area contributed by atoms with Crippen LogP contribution in [0.15, 0.2) is 66.9 Å². The maximum absolute atomic E-state index is 14.1. The van der Waals surface area contributed by atoms with E-state index in [9.17, 15) is 48.4 Å². The number of carbonyl (C=O) groups is 2. The number of aliphatic hydroxyl groups excluding tert-OH is 2. The summed E-state index contributed by atoms with van der Waals surface area (Å²) in [5.74, 6) is -1.65. The minimum Gasteiger partial charge on any atom is -0.455 e. The first-order valence-corrected chi connectivity index (χ1v) is 21.2. The highest BCUT2D eigenvalue weighted by molar-refractivity contribution is 7.47. The smallest absolute Gasteiger partial charge is 0.455 e. The third-order valence-corrected chi connectivity index (χ3v) is 11.0. The molecule has 4 aromatic heterocycles. The van der Waals surface area contributed by atoms with Crippen molar-refractivity contribution in [3.8, 4) is 0 Å². The first-order valence-electron chi connectivity index (χ1n) is 18.1. The van der Waals surface area contributed by atoms with E-state index in [0.29, 0.717) is 12.0 Å². The van der Waals surface area contributed by atoms with Gasteiger partial charge in [-0.05, 0) is 24.1 Å². The molecule has 0 aromatic carbocycles. The zero-order valence-corrected chi connectivity index (χ0v) is 33.8. The minimum absolute atomic E-state index is 0.0103. The normalized spacial score (nSPS) is 25.5. The fraction of sp³-hybridized carbons (Fsp3) is 0.455. The summed E-state index contributed by atoms with van der Waals surface area (Å²) in [5, 5.41) is 22.9. The highest BCUT2D eigenvalue weighted by Gasteiger charge is 2.52. The van der Waals surface area contributed by atoms with E-state index in [0.717, 1.165) is 17.1 Å². The van der Waals surface area contributed by atoms with E-state index < -0.39 is 102 Å². The summed E-state index contributed by atoms with van der Waals surface area (Å²) in [4.78, 5) is 90.4. The zero-order valence-electron chi connectivity index (χ0n) is 32.0. The molecule has 1 amide bonds. The lowest BCUT2D eigenvalue weighted by atomic mass is 10.1. The number of imidazole rings is 1. The number of allylic oxidation sites excluding steroid dienone is 1. The molecular formula is C33H42N10O16P2. The SMILES string of the molecule is C=CCCC(=O)N(C)[C@H](Cc1cccnc1)C(=O)O[C@H]1[C@@H](O)[C@H](n2cnc3c(N)ncnc32)O[C@H]1COP(=O)(O)O[C@H]1[C@@H](O)[C@H](n2ccc(N)nc2=O)O[C@@H]1COP(=O)(O)O. The molecule has 9 N–H and O–H groups in total. The number of hydrogen-bond acceptors (Lipinski definition) is 20. The molecule has 330 valence electrons. The first-order chi connectivity index (χ1) is 28.9. The van der Waals surface area contributed by atoms with E-state index >= 15 is 0 Å². The first kappa shape index (κ1) is 45.4. The standard InChI is InChI=1S/C33H42N10O16P2/c1-3-4-7-22(44)41(2)18(11-17-6-5-9-36-12-17)32(47)58-26-19(56-31(24(26)45)43-16-39-23-28(35)37-15-38-29(23)43)14-55-61(52,53)59-27-20(13-54-60(49,50)51)57-30(25(27)46)42-10-8-21(34)40-33(42)48/h3,5-6,8-10,12,15-16,18-20,24-27,30-31,45-46H,1,4,7,11,13-14H2,2H3,(H,52,53)(H2,34,40,48)(H2,35,37,38)(H2,49,50,51)/t18-,19+,20-,24-,25-,26-,27-,30-,31-/m1/s1. The lowest BCUT2D eigenvalue weighted by Gasteiger charge is -2.29. The van der Waals surface area contributed by atoms with Crippen LogP contribution in [0.2, 0.25) is 0 Å². The number of phosphoric acid groups is 2. The van der Waals surface area contributed by atoms with Gasteiger partial charge in [-0.1, -0.05) is 12.1 Å². The van der Waals surface area contributed by atoms with Gasteiger partial charge in [0.15, 0.2) is 30.0 Å². The van der Waals surface area contributed by atoms with Gasteiger partial charge in [-0.3, -0.25) is 32.5 Å². The van der Waals surface area contributed by atoms with Gasteiger partial charge in [0.1, 0.15) is 54.2 Å². The fourth-order valence-corrected chi connectivity index (χ4v) is 7.86. The Morgan fingerprint density at radius 3 is 2.38 bits per heavy atom. The van der Waals surface area contributed by atoms with Crippen molar-refractivity contribution in [2.45, 2.75) is 74.4 Å². The summed E-state index contributed by atoms with van der Waals surface area (Å²) < 4.78 is 59.6. The summed E-state index contributed by atoms with van der Waals surface area (Å²) in [6.07, 6.45) is -5.66. The third kappa shape index (κ3) is 10.7. The molecule has 2 aliphatic rings. The Morgan fingerprint density at radius 1 is 1.02 bits per heavy atom. The van der Waals surface area contributed by atoms with Crippen LogP contribution < -0.4 is 17.2 Å². The molecule has 0 spiro atoms. The fourth-order valence-electron chi connectivity index (χ4n) is 6.55. The average molecular weight is 897 g/mol. The van der Waals surface area contributed by atoms with Gasteiger partial charge in [-0.2, -0.15) is 4.98 Å². The average Bonchev–Trinajstić information content (AvgIpc) is 3.87. The molecule has 2 fully saturated rings. The molecule has 1 unspecified atom stereocenters. The Hall–Kier alpha value is -5.08. The van der Waals surface area contributed by atoms with E-state index in [1.807, 2.05) is 0 Å². The van der Waals surface area contributed by atoms with Gasteiger partial charge in [0.05, 0.1) is 19.5 Å². The molecule has 2 aliphatic heterocycles. The van der Waals surface area contributed by atoms with Crippen molar-refractivity contribution >= 4 is 50.3 Å². The molecule has 61 heavy (non-hydrogen) atoms. The van der Waals surface area contributed by atoms with Crippen molar-refractivity contribution in [3.63, 3.8) is 0 Å². The number of nitrogen functional groups attached to an aromatic ring is 2. The van der Waals surface area contributed by atoms with Gasteiger partial charge in [0, 0.05) is 38.5 Å². The van der Waals surface area contributed by atoms with Crippen LogP contribution in [0.25, 0.3) is 11.2 Å². The minimum atomic E-state index is -5.42. The van der Waals surface area contributed by atoms with Crippen LogP contribution in [0.1, 0.15) is 30.9 Å². The number of esters is 1. The molecule has 4 aromatic rings. The van der Waals surface area contributed by atoms with E-state index in [4.69, 9.17) is 34.7 Å². The Labute approximate surface area is 344 Å². The van der Waals surface area contributed by atoms with Crippen molar-refractivity contribution in [3.05, 3.63) is 78.1 Å². The summed E-state index contributed by atoms with van der Waals surface area (Å²) in [6.45, 7) is 1.63. The molecule has 2 saturated heterocycles. The Bertz CT molecular complexity index is 2370. The van der Waals surface area contributed by atoms with Crippen LogP contribution in [0.5, 0.6) is 0 Å². The number of aliphatic hydroxyl groups is 2. The lowest BCUT2D eigenvalue weighted by molar-refractivity contribution is -0.165. The van der Waals surface area contributed by atoms with Crippen molar-refractivity contribution in [2.75, 3.05) is 31.7 Å². The Balaban J connectivity index is 1.27. The number of amides is 1. The van der Waals surface area contributed by atoms with Crippen LogP contribution in [0.3, 0.4) is 0 Å². The van der Waals surface area contributed by atoms with E-state index in [1.165, 1.54) is 47.4 Å². The Kier molecular flexibility index (Phi) is 14.1. The monoisotopic (exact) mass is 896 g/mol. The lowest BCUT2D eigenvalue weighted by Crippen LogP contribution is -2.48. The quantitative estimate of drug-likeness (QED) is 0.0347. The number of anilines is 2. The van der Waals surface area contributed by atoms with Gasteiger partial charge < -0.3 is 55.5 Å². The van der Waals surface area contributed by atoms with Crippen LogP contribution in [-0.2, 0) is 52.9 Å². The van der Waals surface area contributed by atoms with E-state index in [-0.39, 0.29) is 35.6 Å².